The fourth-order valence-electron chi connectivity index (χ4n) is 0.263. The molecule has 0 saturated heterocycles. The minimum Gasteiger partial charge on any atom is -0.225 e. The molecule has 0 aliphatic heterocycles. The number of hydrogen-bond acceptors (Lipinski definition) is 3. The third-order valence-corrected chi connectivity index (χ3v) is 0.547. The molecule has 0 fully saturated rings. The van der Waals surface area contributed by atoms with E-state index in [2.05, 4.69) is 21.9 Å². The summed E-state index contributed by atoms with van der Waals surface area (Å²) in [6.07, 6.45) is 2.82. The van der Waals surface area contributed by atoms with E-state index in [0.717, 1.165) is 0 Å². The molecule has 1 aromatic heterocycles. The predicted octanol–water partition coefficient (Wildman–Crippen LogP) is 0.0538. The fraction of sp³-hybridized carbons (Fsp3) is 0. The summed E-state index contributed by atoms with van der Waals surface area (Å²) in [5.74, 6) is 0.509. The predicted molar refractivity (Wildman–Crippen MR) is 24.3 cm³/mol. The molecule has 1 rings (SSSR count). The second-order valence-corrected chi connectivity index (χ2v) is 1.05. The van der Waals surface area contributed by atoms with Crippen LogP contribution in [0.4, 0.5) is 0 Å². The highest BCUT2D eigenvalue weighted by atomic mass is 15.0. The summed E-state index contributed by atoms with van der Waals surface area (Å²) >= 11 is 0. The molecule has 1 radical (unpaired) electrons. The van der Waals surface area contributed by atoms with Gasteiger partial charge in [-0.3, -0.25) is 0 Å². The zero-order valence-corrected chi connectivity index (χ0v) is 3.70. The third-order valence-electron chi connectivity index (χ3n) is 0.547. The standard InChI is InChI=1S/C4H4N3/c1-4-6-2-5-3-7-4/h2-3H,1H2. The van der Waals surface area contributed by atoms with Crippen LogP contribution in [0.15, 0.2) is 12.7 Å². The number of hydrogen-bond donors (Lipinski definition) is 0. The maximum Gasteiger partial charge on any atom is 0.132 e. The Bertz CT molecular complexity index is 137. The normalized spacial score (nSPS) is 8.71. The van der Waals surface area contributed by atoms with Crippen LogP contribution < -0.4 is 0 Å². The number of nitrogens with zero attached hydrogens (tertiary/aromatic N) is 3. The first-order valence-corrected chi connectivity index (χ1v) is 1.83. The maximum atomic E-state index is 3.65. The van der Waals surface area contributed by atoms with Crippen LogP contribution in [0.3, 0.4) is 0 Å². The van der Waals surface area contributed by atoms with Crippen LogP contribution in [0.25, 0.3) is 0 Å². The van der Waals surface area contributed by atoms with Crippen molar-refractivity contribution in [3.8, 4) is 0 Å². The minimum absolute atomic E-state index is 0.509. The Morgan fingerprint density at radius 2 is 1.86 bits per heavy atom. The summed E-state index contributed by atoms with van der Waals surface area (Å²) in [6, 6.07) is 0. The molecule has 0 aliphatic rings. The van der Waals surface area contributed by atoms with E-state index in [9.17, 15) is 0 Å². The van der Waals surface area contributed by atoms with Gasteiger partial charge in [0.25, 0.3) is 0 Å². The van der Waals surface area contributed by atoms with Crippen LogP contribution in [0.2, 0.25) is 0 Å². The molecule has 0 saturated carbocycles. The molecule has 7 heavy (non-hydrogen) atoms. The Kier molecular flexibility index (Phi) is 0.978. The van der Waals surface area contributed by atoms with Gasteiger partial charge in [0.1, 0.15) is 18.5 Å². The van der Waals surface area contributed by atoms with Crippen molar-refractivity contribution in [1.29, 1.82) is 0 Å². The number of rotatable bonds is 0. The third kappa shape index (κ3) is 0.924. The summed E-state index contributed by atoms with van der Waals surface area (Å²) in [6.45, 7) is 3.46. The molecule has 1 aromatic rings. The van der Waals surface area contributed by atoms with Gasteiger partial charge in [0.2, 0.25) is 0 Å². The lowest BCUT2D eigenvalue weighted by atomic mass is 10.7. The maximum absolute atomic E-state index is 3.65. The first kappa shape index (κ1) is 4.18. The molecule has 0 aromatic carbocycles. The molecule has 0 N–H and O–H groups in total. The monoisotopic (exact) mass is 94.0 g/mol. The van der Waals surface area contributed by atoms with Crippen molar-refractivity contribution in [2.75, 3.05) is 0 Å². The van der Waals surface area contributed by atoms with Crippen LogP contribution in [-0.4, -0.2) is 15.0 Å². The Hall–Kier alpha value is -0.990. The molecule has 0 bridgehead atoms. The second-order valence-electron chi connectivity index (χ2n) is 1.05. The van der Waals surface area contributed by atoms with Crippen molar-refractivity contribution >= 4 is 0 Å². The van der Waals surface area contributed by atoms with E-state index in [1.165, 1.54) is 12.7 Å². The van der Waals surface area contributed by atoms with Crippen molar-refractivity contribution in [2.24, 2.45) is 0 Å². The van der Waals surface area contributed by atoms with E-state index >= 15 is 0 Å². The van der Waals surface area contributed by atoms with Gasteiger partial charge in [-0.05, 0) is 0 Å². The average Bonchev–Trinajstić information content (AvgIpc) is 1.69. The van der Waals surface area contributed by atoms with E-state index in [-0.39, 0.29) is 0 Å². The molecule has 35 valence electrons. The molecular weight excluding hydrogens is 90.1 g/mol. The average molecular weight is 94.1 g/mol. The molecule has 3 nitrogen and oxygen atoms in total. The van der Waals surface area contributed by atoms with E-state index < -0.39 is 0 Å². The Labute approximate surface area is 41.5 Å². The molecule has 0 unspecified atom stereocenters. The van der Waals surface area contributed by atoms with Gasteiger partial charge in [-0.15, -0.1) is 0 Å². The van der Waals surface area contributed by atoms with Crippen molar-refractivity contribution in [3.63, 3.8) is 0 Å². The molecular formula is C4H4N3. The lowest BCUT2D eigenvalue weighted by Gasteiger charge is -1.80. The Morgan fingerprint density at radius 1 is 1.29 bits per heavy atom. The van der Waals surface area contributed by atoms with Gasteiger partial charge in [-0.1, -0.05) is 0 Å². The van der Waals surface area contributed by atoms with Gasteiger partial charge in [-0.2, -0.15) is 0 Å². The smallest absolute Gasteiger partial charge is 0.132 e. The van der Waals surface area contributed by atoms with Crippen molar-refractivity contribution in [2.45, 2.75) is 0 Å². The largest absolute Gasteiger partial charge is 0.225 e. The molecule has 3 heteroatoms. The minimum atomic E-state index is 0.509. The molecule has 0 aliphatic carbocycles. The summed E-state index contributed by atoms with van der Waals surface area (Å²) in [5, 5.41) is 0. The molecule has 1 heterocycles. The fourth-order valence-corrected chi connectivity index (χ4v) is 0.263. The van der Waals surface area contributed by atoms with Gasteiger partial charge < -0.3 is 0 Å². The zero-order valence-electron chi connectivity index (χ0n) is 3.70. The van der Waals surface area contributed by atoms with Crippen LogP contribution >= 0.6 is 0 Å². The lowest BCUT2D eigenvalue weighted by Crippen LogP contribution is -1.84. The first-order chi connectivity index (χ1) is 3.39. The highest BCUT2D eigenvalue weighted by Gasteiger charge is 1.76. The van der Waals surface area contributed by atoms with Crippen LogP contribution in [0, 0.1) is 6.92 Å². The second kappa shape index (κ2) is 1.64. The van der Waals surface area contributed by atoms with Gasteiger partial charge in [0.05, 0.1) is 0 Å². The Balaban J connectivity index is 3.02. The summed E-state index contributed by atoms with van der Waals surface area (Å²) in [7, 11) is 0. The SMILES string of the molecule is [CH2]c1ncncn1. The quantitative estimate of drug-likeness (QED) is 0.456. The molecule has 0 amide bonds. The van der Waals surface area contributed by atoms with Crippen LogP contribution in [-0.2, 0) is 0 Å². The van der Waals surface area contributed by atoms with Gasteiger partial charge >= 0.3 is 0 Å². The zero-order chi connectivity index (χ0) is 5.11. The lowest BCUT2D eigenvalue weighted by molar-refractivity contribution is 1.01. The van der Waals surface area contributed by atoms with Crippen molar-refractivity contribution in [1.82, 2.24) is 15.0 Å². The number of aromatic nitrogens is 3. The van der Waals surface area contributed by atoms with Crippen LogP contribution in [0.1, 0.15) is 5.82 Å². The van der Waals surface area contributed by atoms with E-state index in [4.69, 9.17) is 0 Å². The first-order valence-electron chi connectivity index (χ1n) is 1.83. The summed E-state index contributed by atoms with van der Waals surface area (Å²) in [4.78, 5) is 10.9. The topological polar surface area (TPSA) is 38.7 Å². The van der Waals surface area contributed by atoms with Gasteiger partial charge in [0, 0.05) is 6.92 Å². The van der Waals surface area contributed by atoms with E-state index in [1.807, 2.05) is 0 Å². The molecule has 0 spiro atoms. The van der Waals surface area contributed by atoms with E-state index in [1.54, 1.807) is 0 Å². The van der Waals surface area contributed by atoms with Crippen molar-refractivity contribution < 1.29 is 0 Å². The van der Waals surface area contributed by atoms with E-state index in [0.29, 0.717) is 5.82 Å². The van der Waals surface area contributed by atoms with Gasteiger partial charge in [0.15, 0.2) is 0 Å². The van der Waals surface area contributed by atoms with Crippen molar-refractivity contribution in [3.05, 3.63) is 25.4 Å². The summed E-state index contributed by atoms with van der Waals surface area (Å²) in [5.41, 5.74) is 0. The van der Waals surface area contributed by atoms with Gasteiger partial charge in [-0.25, -0.2) is 15.0 Å². The Morgan fingerprint density at radius 3 is 2.14 bits per heavy atom. The highest BCUT2D eigenvalue weighted by molar-refractivity contribution is 4.83. The summed E-state index contributed by atoms with van der Waals surface area (Å²) < 4.78 is 0. The molecule has 0 atom stereocenters. The highest BCUT2D eigenvalue weighted by Crippen LogP contribution is 1.74. The van der Waals surface area contributed by atoms with Crippen LogP contribution in [0.5, 0.6) is 0 Å².